The minimum atomic E-state index is 0.0125. The van der Waals surface area contributed by atoms with Gasteiger partial charge in [0.1, 0.15) is 25.3 Å². The molecule has 3 aromatic rings. The third kappa shape index (κ3) is 4.93. The number of aromatic nitrogens is 7. The Morgan fingerprint density at radius 2 is 1.48 bits per heavy atom. The van der Waals surface area contributed by atoms with E-state index < -0.39 is 0 Å². The van der Waals surface area contributed by atoms with Crippen molar-refractivity contribution in [2.75, 3.05) is 5.32 Å². The van der Waals surface area contributed by atoms with Crippen molar-refractivity contribution in [3.8, 4) is 0 Å². The fourth-order valence-electron chi connectivity index (χ4n) is 2.43. The van der Waals surface area contributed by atoms with Crippen LogP contribution in [0.4, 0.5) is 5.69 Å². The molecule has 9 heteroatoms. The molecular weight excluding hydrogens is 320 g/mol. The number of carbonyl (C=O) groups is 1. The van der Waals surface area contributed by atoms with Crippen LogP contribution < -0.4 is 5.32 Å². The number of anilines is 1. The zero-order valence-corrected chi connectivity index (χ0v) is 14.0. The van der Waals surface area contributed by atoms with Crippen molar-refractivity contribution in [1.82, 2.24) is 34.5 Å². The normalized spacial score (nSPS) is 10.8. The Balaban J connectivity index is 1.80. The van der Waals surface area contributed by atoms with Gasteiger partial charge in [-0.25, -0.2) is 0 Å². The molecule has 130 valence electrons. The van der Waals surface area contributed by atoms with Gasteiger partial charge in [-0.1, -0.05) is 13.3 Å². The summed E-state index contributed by atoms with van der Waals surface area (Å²) in [5.74, 6) is 0.0125. The highest BCUT2D eigenvalue weighted by atomic mass is 16.1. The summed E-state index contributed by atoms with van der Waals surface area (Å²) in [7, 11) is 0. The smallest absolute Gasteiger partial charge is 0.224 e. The van der Waals surface area contributed by atoms with Crippen LogP contribution in [0.1, 0.15) is 37.6 Å². The molecule has 3 aromatic heterocycles. The molecule has 0 fully saturated rings. The molecule has 3 heterocycles. The maximum Gasteiger partial charge on any atom is 0.224 e. The van der Waals surface area contributed by atoms with Crippen LogP contribution >= 0.6 is 0 Å². The van der Waals surface area contributed by atoms with E-state index in [1.165, 1.54) is 0 Å². The Labute approximate surface area is 145 Å². The van der Waals surface area contributed by atoms with Crippen molar-refractivity contribution in [2.45, 2.75) is 39.3 Å². The molecule has 0 radical (unpaired) electrons. The Morgan fingerprint density at radius 3 is 1.96 bits per heavy atom. The van der Waals surface area contributed by atoms with Gasteiger partial charge in [0.15, 0.2) is 0 Å². The highest BCUT2D eigenvalue weighted by Crippen LogP contribution is 2.15. The van der Waals surface area contributed by atoms with Gasteiger partial charge >= 0.3 is 0 Å². The van der Waals surface area contributed by atoms with Crippen LogP contribution in [-0.4, -0.2) is 40.4 Å². The lowest BCUT2D eigenvalue weighted by atomic mass is 10.2. The molecule has 0 atom stereocenters. The molecule has 9 nitrogen and oxygen atoms in total. The van der Waals surface area contributed by atoms with Crippen LogP contribution in [-0.2, 0) is 17.9 Å². The lowest BCUT2D eigenvalue weighted by Gasteiger charge is -2.11. The first-order valence-corrected chi connectivity index (χ1v) is 8.17. The molecule has 0 bridgehead atoms. The lowest BCUT2D eigenvalue weighted by Crippen LogP contribution is -2.13. The molecule has 0 spiro atoms. The number of rotatable bonds is 8. The molecular formula is C16H20N8O. The molecule has 0 saturated heterocycles. The van der Waals surface area contributed by atoms with Gasteiger partial charge in [0, 0.05) is 12.1 Å². The number of hydrogen-bond acceptors (Lipinski definition) is 6. The number of nitrogens with one attached hydrogen (secondary N) is 1. The van der Waals surface area contributed by atoms with Crippen molar-refractivity contribution in [3.05, 3.63) is 48.8 Å². The van der Waals surface area contributed by atoms with Crippen LogP contribution in [0, 0.1) is 0 Å². The van der Waals surface area contributed by atoms with Crippen LogP contribution in [0.15, 0.2) is 37.4 Å². The van der Waals surface area contributed by atoms with Crippen molar-refractivity contribution >= 4 is 11.6 Å². The minimum Gasteiger partial charge on any atom is -0.326 e. The quantitative estimate of drug-likeness (QED) is 0.666. The number of hydrogen-bond donors (Lipinski definition) is 1. The molecule has 0 aromatic carbocycles. The Bertz CT molecular complexity index is 743. The van der Waals surface area contributed by atoms with Gasteiger partial charge in [0.05, 0.1) is 24.5 Å². The standard InChI is InChI=1S/C16H20N8O/c1-2-3-4-16(25)22-13-5-14(7-23-9-17-18-10-23)21-15(6-13)8-24-11-19-20-12-24/h5-6,9-12H,2-4,7-8H2,1H3,(H,21,22,25). The second-order valence-electron chi connectivity index (χ2n) is 5.76. The maximum atomic E-state index is 12.0. The summed E-state index contributed by atoms with van der Waals surface area (Å²) < 4.78 is 3.65. The summed E-state index contributed by atoms with van der Waals surface area (Å²) in [4.78, 5) is 16.7. The predicted molar refractivity (Wildman–Crippen MR) is 90.6 cm³/mol. The van der Waals surface area contributed by atoms with Crippen LogP contribution in [0.5, 0.6) is 0 Å². The SMILES string of the molecule is CCCCC(=O)Nc1cc(Cn2cnnc2)nc(Cn2cnnc2)c1. The van der Waals surface area contributed by atoms with Gasteiger partial charge in [-0.3, -0.25) is 9.78 Å². The fourth-order valence-corrected chi connectivity index (χ4v) is 2.43. The van der Waals surface area contributed by atoms with E-state index in [4.69, 9.17) is 0 Å². The molecule has 0 aliphatic rings. The predicted octanol–water partition coefficient (Wildman–Crippen LogP) is 1.49. The molecule has 25 heavy (non-hydrogen) atoms. The van der Waals surface area contributed by atoms with E-state index in [0.29, 0.717) is 19.5 Å². The van der Waals surface area contributed by atoms with E-state index >= 15 is 0 Å². The first-order chi connectivity index (χ1) is 12.2. The summed E-state index contributed by atoms with van der Waals surface area (Å²) in [6, 6.07) is 3.75. The number of amides is 1. The minimum absolute atomic E-state index is 0.0125. The zero-order chi connectivity index (χ0) is 17.5. The molecule has 0 aliphatic heterocycles. The van der Waals surface area contributed by atoms with E-state index in [2.05, 4.69) is 37.6 Å². The van der Waals surface area contributed by atoms with Crippen LogP contribution in [0.2, 0.25) is 0 Å². The van der Waals surface area contributed by atoms with Crippen LogP contribution in [0.3, 0.4) is 0 Å². The van der Waals surface area contributed by atoms with Gasteiger partial charge in [0.25, 0.3) is 0 Å². The molecule has 1 N–H and O–H groups in total. The molecule has 1 amide bonds. The average Bonchev–Trinajstić information content (AvgIpc) is 3.27. The highest BCUT2D eigenvalue weighted by molar-refractivity contribution is 5.90. The molecule has 0 aliphatic carbocycles. The maximum absolute atomic E-state index is 12.0. The van der Waals surface area contributed by atoms with E-state index in [0.717, 1.165) is 29.9 Å². The Morgan fingerprint density at radius 1 is 0.960 bits per heavy atom. The monoisotopic (exact) mass is 340 g/mol. The van der Waals surface area contributed by atoms with Crippen molar-refractivity contribution in [2.24, 2.45) is 0 Å². The van der Waals surface area contributed by atoms with E-state index in [9.17, 15) is 4.79 Å². The second kappa shape index (κ2) is 8.13. The Kier molecular flexibility index (Phi) is 5.45. The number of pyridine rings is 1. The van der Waals surface area contributed by atoms with E-state index in [1.807, 2.05) is 21.3 Å². The summed E-state index contributed by atoms with van der Waals surface area (Å²) in [5.41, 5.74) is 2.37. The zero-order valence-electron chi connectivity index (χ0n) is 14.0. The van der Waals surface area contributed by atoms with Gasteiger partial charge in [-0.15, -0.1) is 20.4 Å². The average molecular weight is 340 g/mol. The summed E-state index contributed by atoms with van der Waals surface area (Å²) >= 11 is 0. The second-order valence-corrected chi connectivity index (χ2v) is 5.76. The van der Waals surface area contributed by atoms with Crippen molar-refractivity contribution in [3.63, 3.8) is 0 Å². The first kappa shape index (κ1) is 16.7. The third-order valence-corrected chi connectivity index (χ3v) is 3.59. The van der Waals surface area contributed by atoms with Crippen LogP contribution in [0.25, 0.3) is 0 Å². The van der Waals surface area contributed by atoms with Gasteiger partial charge in [0.2, 0.25) is 5.91 Å². The number of unbranched alkanes of at least 4 members (excludes halogenated alkanes) is 1. The number of nitrogens with zero attached hydrogens (tertiary/aromatic N) is 7. The summed E-state index contributed by atoms with van der Waals surface area (Å²) in [5, 5.41) is 18.2. The number of carbonyl (C=O) groups excluding carboxylic acids is 1. The van der Waals surface area contributed by atoms with Gasteiger partial charge < -0.3 is 14.5 Å². The lowest BCUT2D eigenvalue weighted by molar-refractivity contribution is -0.116. The van der Waals surface area contributed by atoms with Crippen molar-refractivity contribution < 1.29 is 4.79 Å². The largest absolute Gasteiger partial charge is 0.326 e. The van der Waals surface area contributed by atoms with Crippen molar-refractivity contribution in [1.29, 1.82) is 0 Å². The highest BCUT2D eigenvalue weighted by Gasteiger charge is 2.08. The first-order valence-electron chi connectivity index (χ1n) is 8.17. The van der Waals surface area contributed by atoms with Gasteiger partial charge in [-0.05, 0) is 18.6 Å². The third-order valence-electron chi connectivity index (χ3n) is 3.59. The van der Waals surface area contributed by atoms with E-state index in [1.54, 1.807) is 25.3 Å². The molecule has 3 rings (SSSR count). The summed E-state index contributed by atoms with van der Waals surface area (Å²) in [6.45, 7) is 3.12. The molecule has 0 saturated carbocycles. The summed E-state index contributed by atoms with van der Waals surface area (Å²) in [6.07, 6.45) is 8.91. The van der Waals surface area contributed by atoms with E-state index in [-0.39, 0.29) is 5.91 Å². The Hall–Kier alpha value is -3.10. The topological polar surface area (TPSA) is 103 Å². The van der Waals surface area contributed by atoms with Gasteiger partial charge in [-0.2, -0.15) is 0 Å². The fraction of sp³-hybridized carbons (Fsp3) is 0.375. The molecule has 0 unspecified atom stereocenters.